The smallest absolute Gasteiger partial charge is 0.218 e. The van der Waals surface area contributed by atoms with Gasteiger partial charge in [-0.3, -0.25) is 0 Å². The summed E-state index contributed by atoms with van der Waals surface area (Å²) in [7, 11) is 1.57. The molecule has 6 nitrogen and oxygen atoms in total. The van der Waals surface area contributed by atoms with E-state index >= 15 is 0 Å². The molecule has 2 aromatic rings. The van der Waals surface area contributed by atoms with E-state index in [1.54, 1.807) is 17.9 Å². The van der Waals surface area contributed by atoms with E-state index in [0.717, 1.165) is 29.9 Å². The maximum absolute atomic E-state index is 6.08. The second kappa shape index (κ2) is 5.03. The van der Waals surface area contributed by atoms with Gasteiger partial charge in [-0.05, 0) is 12.8 Å². The van der Waals surface area contributed by atoms with Crippen molar-refractivity contribution in [3.8, 4) is 11.7 Å². The number of ether oxygens (including phenoxy) is 1. The van der Waals surface area contributed by atoms with Crippen LogP contribution in [0.3, 0.4) is 0 Å². The van der Waals surface area contributed by atoms with E-state index in [4.69, 9.17) is 10.5 Å². The van der Waals surface area contributed by atoms with Crippen LogP contribution in [0.25, 0.3) is 5.82 Å². The van der Waals surface area contributed by atoms with E-state index in [-0.39, 0.29) is 0 Å². The molecule has 18 heavy (non-hydrogen) atoms. The lowest BCUT2D eigenvalue weighted by Crippen LogP contribution is -2.05. The molecular formula is C12H17N5O. The van der Waals surface area contributed by atoms with Gasteiger partial charge < -0.3 is 10.5 Å². The Morgan fingerprint density at radius 1 is 1.28 bits per heavy atom. The van der Waals surface area contributed by atoms with Crippen molar-refractivity contribution in [1.29, 1.82) is 0 Å². The van der Waals surface area contributed by atoms with E-state index in [9.17, 15) is 0 Å². The molecule has 2 N–H and O–H groups in total. The average molecular weight is 247 g/mol. The van der Waals surface area contributed by atoms with Gasteiger partial charge in [0, 0.05) is 6.07 Å². The molecule has 0 radical (unpaired) electrons. The third kappa shape index (κ3) is 2.01. The second-order valence-corrected chi connectivity index (χ2v) is 3.84. The van der Waals surface area contributed by atoms with Crippen molar-refractivity contribution in [2.75, 3.05) is 12.8 Å². The topological polar surface area (TPSA) is 78.8 Å². The first-order valence-electron chi connectivity index (χ1n) is 5.93. The van der Waals surface area contributed by atoms with Crippen LogP contribution < -0.4 is 10.5 Å². The molecule has 0 aliphatic carbocycles. The monoisotopic (exact) mass is 247 g/mol. The zero-order chi connectivity index (χ0) is 13.1. The molecule has 0 saturated heterocycles. The van der Waals surface area contributed by atoms with E-state index < -0.39 is 0 Å². The lowest BCUT2D eigenvalue weighted by Gasteiger charge is -2.06. The van der Waals surface area contributed by atoms with Gasteiger partial charge in [0.1, 0.15) is 6.33 Å². The maximum Gasteiger partial charge on any atom is 0.218 e. The van der Waals surface area contributed by atoms with Gasteiger partial charge in [0.2, 0.25) is 5.88 Å². The number of methoxy groups -OCH3 is 1. The fraction of sp³-hybridized carbons (Fsp3) is 0.417. The lowest BCUT2D eigenvalue weighted by molar-refractivity contribution is 0.396. The summed E-state index contributed by atoms with van der Waals surface area (Å²) in [4.78, 5) is 8.19. The summed E-state index contributed by atoms with van der Waals surface area (Å²) in [5.74, 6) is 1.18. The molecule has 2 heterocycles. The highest BCUT2D eigenvalue weighted by Gasteiger charge is 2.15. The summed E-state index contributed by atoms with van der Waals surface area (Å²) in [6, 6.07) is 1.74. The molecule has 0 unspecified atom stereocenters. The van der Waals surface area contributed by atoms with E-state index in [2.05, 4.69) is 15.1 Å². The summed E-state index contributed by atoms with van der Waals surface area (Å²) in [6.07, 6.45) is 3.05. The highest BCUT2D eigenvalue weighted by molar-refractivity contribution is 5.51. The fourth-order valence-electron chi connectivity index (χ4n) is 1.86. The molecule has 2 rings (SSSR count). The van der Waals surface area contributed by atoms with Crippen LogP contribution in [-0.2, 0) is 12.8 Å². The Balaban J connectivity index is 2.55. The Morgan fingerprint density at radius 3 is 2.67 bits per heavy atom. The Kier molecular flexibility index (Phi) is 3.45. The fourth-order valence-corrected chi connectivity index (χ4v) is 1.86. The van der Waals surface area contributed by atoms with Gasteiger partial charge in [0.25, 0.3) is 0 Å². The predicted octanol–water partition coefficient (Wildman–Crippen LogP) is 1.38. The lowest BCUT2D eigenvalue weighted by atomic mass is 10.2. The highest BCUT2D eigenvalue weighted by Crippen LogP contribution is 2.22. The molecule has 0 spiro atoms. The van der Waals surface area contributed by atoms with Gasteiger partial charge in [-0.1, -0.05) is 13.8 Å². The first kappa shape index (κ1) is 12.3. The number of nitrogen functional groups attached to an aromatic ring is 1. The van der Waals surface area contributed by atoms with Crippen molar-refractivity contribution < 1.29 is 4.74 Å². The van der Waals surface area contributed by atoms with Crippen LogP contribution in [-0.4, -0.2) is 26.9 Å². The van der Waals surface area contributed by atoms with Crippen LogP contribution in [0.2, 0.25) is 0 Å². The van der Waals surface area contributed by atoms with Crippen LogP contribution in [0.1, 0.15) is 25.2 Å². The SMILES string of the molecule is CCc1nn(-c2cc(OC)ncn2)c(CC)c1N. The third-order valence-electron chi connectivity index (χ3n) is 2.82. The highest BCUT2D eigenvalue weighted by atomic mass is 16.5. The van der Waals surface area contributed by atoms with Crippen LogP contribution in [0, 0.1) is 0 Å². The summed E-state index contributed by atoms with van der Waals surface area (Å²) >= 11 is 0. The molecular weight excluding hydrogens is 230 g/mol. The third-order valence-corrected chi connectivity index (χ3v) is 2.82. The van der Waals surface area contributed by atoms with Crippen molar-refractivity contribution >= 4 is 5.69 Å². The molecule has 0 atom stereocenters. The maximum atomic E-state index is 6.08. The van der Waals surface area contributed by atoms with Gasteiger partial charge >= 0.3 is 0 Å². The number of nitrogens with two attached hydrogens (primary N) is 1. The van der Waals surface area contributed by atoms with Crippen LogP contribution in [0.5, 0.6) is 5.88 Å². The standard InChI is InChI=1S/C12H17N5O/c1-4-8-12(13)9(5-2)17(16-8)10-6-11(18-3)15-7-14-10/h6-7H,4-5,13H2,1-3H3. The Labute approximate surface area is 106 Å². The number of hydrogen-bond acceptors (Lipinski definition) is 5. The zero-order valence-corrected chi connectivity index (χ0v) is 10.8. The van der Waals surface area contributed by atoms with Gasteiger partial charge in [-0.2, -0.15) is 5.10 Å². The first-order chi connectivity index (χ1) is 8.71. The van der Waals surface area contributed by atoms with Gasteiger partial charge in [-0.15, -0.1) is 0 Å². The summed E-state index contributed by atoms with van der Waals surface area (Å²) in [5.41, 5.74) is 8.68. The second-order valence-electron chi connectivity index (χ2n) is 3.84. The number of aryl methyl sites for hydroxylation is 1. The van der Waals surface area contributed by atoms with Crippen LogP contribution in [0.4, 0.5) is 5.69 Å². The normalized spacial score (nSPS) is 10.6. The van der Waals surface area contributed by atoms with Crippen molar-refractivity contribution in [1.82, 2.24) is 19.7 Å². The minimum Gasteiger partial charge on any atom is -0.481 e. The van der Waals surface area contributed by atoms with Crippen molar-refractivity contribution in [2.24, 2.45) is 0 Å². The molecule has 0 aliphatic heterocycles. The molecule has 0 fully saturated rings. The number of nitrogens with zero attached hydrogens (tertiary/aromatic N) is 4. The molecule has 0 bridgehead atoms. The Bertz CT molecular complexity index is 549. The number of anilines is 1. The Morgan fingerprint density at radius 2 is 2.06 bits per heavy atom. The minimum atomic E-state index is 0.508. The van der Waals surface area contributed by atoms with Gasteiger partial charge in [-0.25, -0.2) is 14.6 Å². The first-order valence-corrected chi connectivity index (χ1v) is 5.93. The quantitative estimate of drug-likeness (QED) is 0.883. The van der Waals surface area contributed by atoms with Gasteiger partial charge in [0.05, 0.1) is 24.2 Å². The summed E-state index contributed by atoms with van der Waals surface area (Å²) in [6.45, 7) is 4.07. The van der Waals surface area contributed by atoms with Crippen molar-refractivity contribution in [2.45, 2.75) is 26.7 Å². The van der Waals surface area contributed by atoms with E-state index in [1.807, 2.05) is 13.8 Å². The molecule has 0 aliphatic rings. The van der Waals surface area contributed by atoms with Crippen LogP contribution in [0.15, 0.2) is 12.4 Å². The molecule has 6 heteroatoms. The minimum absolute atomic E-state index is 0.508. The Hall–Kier alpha value is -2.11. The zero-order valence-electron chi connectivity index (χ0n) is 10.8. The predicted molar refractivity (Wildman–Crippen MR) is 68.9 cm³/mol. The molecule has 0 aromatic carbocycles. The number of rotatable bonds is 4. The molecule has 0 amide bonds. The summed E-state index contributed by atoms with van der Waals surface area (Å²) in [5, 5.41) is 4.49. The molecule has 96 valence electrons. The van der Waals surface area contributed by atoms with Crippen LogP contribution >= 0.6 is 0 Å². The van der Waals surface area contributed by atoms with Crippen molar-refractivity contribution in [3.63, 3.8) is 0 Å². The average Bonchev–Trinajstić information content (AvgIpc) is 2.75. The largest absolute Gasteiger partial charge is 0.481 e. The van der Waals surface area contributed by atoms with Crippen molar-refractivity contribution in [3.05, 3.63) is 23.8 Å². The summed E-state index contributed by atoms with van der Waals surface area (Å²) < 4.78 is 6.85. The molecule has 0 saturated carbocycles. The number of aromatic nitrogens is 4. The van der Waals surface area contributed by atoms with E-state index in [1.165, 1.54) is 6.33 Å². The van der Waals surface area contributed by atoms with Gasteiger partial charge in [0.15, 0.2) is 5.82 Å². The van der Waals surface area contributed by atoms with E-state index in [0.29, 0.717) is 11.7 Å². The molecule has 2 aromatic heterocycles. The number of hydrogen-bond donors (Lipinski definition) is 1.